The first-order valence-electron chi connectivity index (χ1n) is 13.5. The summed E-state index contributed by atoms with van der Waals surface area (Å²) in [7, 11) is 0. The summed E-state index contributed by atoms with van der Waals surface area (Å²) >= 11 is 0. The lowest BCUT2D eigenvalue weighted by Crippen LogP contribution is -2.25. The monoisotopic (exact) mass is 482 g/mol. The van der Waals surface area contributed by atoms with E-state index < -0.39 is 11.6 Å². The minimum atomic E-state index is -0.924. The van der Waals surface area contributed by atoms with Crippen molar-refractivity contribution in [1.29, 1.82) is 0 Å². The van der Waals surface area contributed by atoms with Crippen LogP contribution in [0.5, 0.6) is 5.75 Å². The summed E-state index contributed by atoms with van der Waals surface area (Å²) in [6.07, 6.45) is 14.6. The second-order valence-corrected chi connectivity index (χ2v) is 10.4. The van der Waals surface area contributed by atoms with E-state index in [2.05, 4.69) is 18.7 Å². The third-order valence-electron chi connectivity index (χ3n) is 8.03. The molecule has 0 aromatic heterocycles. The number of hydrogen-bond donors (Lipinski definition) is 0. The van der Waals surface area contributed by atoms with Gasteiger partial charge >= 0.3 is 0 Å². The maximum atomic E-state index is 14.6. The quantitative estimate of drug-likeness (QED) is 0.315. The molecule has 4 heteroatoms. The Morgan fingerprint density at radius 2 is 1.54 bits per heavy atom. The predicted molar refractivity (Wildman–Crippen MR) is 139 cm³/mol. The highest BCUT2D eigenvalue weighted by Crippen LogP contribution is 2.37. The fourth-order valence-corrected chi connectivity index (χ4v) is 5.83. The maximum absolute atomic E-state index is 14.6. The van der Waals surface area contributed by atoms with Crippen LogP contribution in [0, 0.1) is 23.5 Å². The smallest absolute Gasteiger partial charge is 0.201 e. The lowest BCUT2D eigenvalue weighted by molar-refractivity contribution is -0.00474. The molecule has 0 unspecified atom stereocenters. The molecule has 0 spiro atoms. The van der Waals surface area contributed by atoms with Gasteiger partial charge in [-0.3, -0.25) is 0 Å². The fraction of sp³-hybridized carbons (Fsp3) is 0.548. The van der Waals surface area contributed by atoms with Crippen LogP contribution in [0.1, 0.15) is 82.6 Å². The van der Waals surface area contributed by atoms with Gasteiger partial charge in [0.15, 0.2) is 11.6 Å². The molecule has 0 bridgehead atoms. The zero-order chi connectivity index (χ0) is 24.6. The number of allylic oxidation sites excluding steroid dienone is 1. The number of halogens is 2. The van der Waals surface area contributed by atoms with Gasteiger partial charge < -0.3 is 9.47 Å². The topological polar surface area (TPSA) is 18.5 Å². The Morgan fingerprint density at radius 1 is 0.857 bits per heavy atom. The van der Waals surface area contributed by atoms with Crippen LogP contribution in [0.2, 0.25) is 0 Å². The zero-order valence-electron chi connectivity index (χ0n) is 21.1. The molecular formula is C31H40F2O2. The molecule has 35 heavy (non-hydrogen) atoms. The summed E-state index contributed by atoms with van der Waals surface area (Å²) in [5, 5.41) is 0. The van der Waals surface area contributed by atoms with Crippen LogP contribution in [-0.4, -0.2) is 19.3 Å². The number of ether oxygens (including phenoxy) is 2. The molecule has 2 aromatic rings. The summed E-state index contributed by atoms with van der Waals surface area (Å²) < 4.78 is 40.3. The number of rotatable bonds is 10. The van der Waals surface area contributed by atoms with Crippen molar-refractivity contribution in [1.82, 2.24) is 0 Å². The van der Waals surface area contributed by atoms with Crippen LogP contribution in [-0.2, 0) is 4.74 Å². The SMILES string of the molecule is C=CCCC1CCC(COC2CCC(c3ccc(-c4ccc(OCC)c(F)c4F)cc3)CC2)CC1. The lowest BCUT2D eigenvalue weighted by Gasteiger charge is -2.32. The molecule has 190 valence electrons. The summed E-state index contributed by atoms with van der Waals surface area (Å²) in [6, 6.07) is 11.0. The molecule has 0 saturated heterocycles. The van der Waals surface area contributed by atoms with Gasteiger partial charge in [0.05, 0.1) is 12.7 Å². The summed E-state index contributed by atoms with van der Waals surface area (Å²) in [5.74, 6) is 0.301. The third-order valence-corrected chi connectivity index (χ3v) is 8.03. The maximum Gasteiger partial charge on any atom is 0.201 e. The Kier molecular flexibility index (Phi) is 9.37. The van der Waals surface area contributed by atoms with E-state index >= 15 is 0 Å². The molecule has 2 aliphatic rings. The van der Waals surface area contributed by atoms with Crippen LogP contribution >= 0.6 is 0 Å². The minimum absolute atomic E-state index is 0.0412. The Labute approximate surface area is 209 Å². The molecule has 2 nitrogen and oxygen atoms in total. The molecule has 4 rings (SSSR count). The van der Waals surface area contributed by atoms with Crippen LogP contribution in [0.4, 0.5) is 8.78 Å². The van der Waals surface area contributed by atoms with Gasteiger partial charge in [-0.15, -0.1) is 6.58 Å². The van der Waals surface area contributed by atoms with Gasteiger partial charge in [-0.2, -0.15) is 4.39 Å². The largest absolute Gasteiger partial charge is 0.491 e. The van der Waals surface area contributed by atoms with Crippen molar-refractivity contribution < 1.29 is 18.3 Å². The molecule has 2 fully saturated rings. The van der Waals surface area contributed by atoms with Crippen molar-refractivity contribution in [2.45, 2.75) is 83.2 Å². The lowest BCUT2D eigenvalue weighted by atomic mass is 9.80. The summed E-state index contributed by atoms with van der Waals surface area (Å²) in [6.45, 7) is 6.82. The van der Waals surface area contributed by atoms with Gasteiger partial charge in [-0.1, -0.05) is 43.2 Å². The summed E-state index contributed by atoms with van der Waals surface area (Å²) in [5.41, 5.74) is 2.23. The van der Waals surface area contributed by atoms with E-state index in [-0.39, 0.29) is 11.3 Å². The number of benzene rings is 2. The molecule has 0 heterocycles. The van der Waals surface area contributed by atoms with Crippen molar-refractivity contribution in [3.8, 4) is 16.9 Å². The van der Waals surface area contributed by atoms with Crippen molar-refractivity contribution in [2.75, 3.05) is 13.2 Å². The first kappa shape index (κ1) is 25.9. The summed E-state index contributed by atoms with van der Waals surface area (Å²) in [4.78, 5) is 0. The Morgan fingerprint density at radius 3 is 2.20 bits per heavy atom. The standard InChI is InChI=1S/C31H40F2O2/c1-3-5-6-22-7-9-23(10-8-22)21-35-27-17-15-25(16-18-27)24-11-13-26(14-12-24)28-19-20-29(34-4-2)31(33)30(28)32/h3,11-14,19-20,22-23,25,27H,1,4-10,15-18,21H2,2H3. The highest BCUT2D eigenvalue weighted by atomic mass is 19.2. The van der Waals surface area contributed by atoms with Crippen molar-refractivity contribution in [2.24, 2.45) is 11.8 Å². The van der Waals surface area contributed by atoms with E-state index in [0.29, 0.717) is 24.2 Å². The molecule has 0 N–H and O–H groups in total. The van der Waals surface area contributed by atoms with Crippen LogP contribution in [0.15, 0.2) is 49.1 Å². The molecule has 0 amide bonds. The molecule has 0 aliphatic heterocycles. The highest BCUT2D eigenvalue weighted by Gasteiger charge is 2.26. The first-order valence-corrected chi connectivity index (χ1v) is 13.5. The Hall–Kier alpha value is -2.20. The van der Waals surface area contributed by atoms with Crippen LogP contribution in [0.3, 0.4) is 0 Å². The Balaban J connectivity index is 1.24. The van der Waals surface area contributed by atoms with E-state index in [1.54, 1.807) is 13.0 Å². The molecule has 2 aromatic carbocycles. The third kappa shape index (κ3) is 6.73. The minimum Gasteiger partial charge on any atom is -0.491 e. The molecular weight excluding hydrogens is 442 g/mol. The molecule has 0 radical (unpaired) electrons. The van der Waals surface area contributed by atoms with Crippen molar-refractivity contribution in [3.05, 3.63) is 66.3 Å². The van der Waals surface area contributed by atoms with E-state index in [9.17, 15) is 8.78 Å². The van der Waals surface area contributed by atoms with E-state index in [1.165, 1.54) is 43.7 Å². The fourth-order valence-electron chi connectivity index (χ4n) is 5.83. The second-order valence-electron chi connectivity index (χ2n) is 10.4. The highest BCUT2D eigenvalue weighted by molar-refractivity contribution is 5.65. The van der Waals surface area contributed by atoms with E-state index in [0.717, 1.165) is 50.5 Å². The van der Waals surface area contributed by atoms with E-state index in [1.807, 2.05) is 18.2 Å². The van der Waals surface area contributed by atoms with Crippen LogP contribution in [0.25, 0.3) is 11.1 Å². The van der Waals surface area contributed by atoms with Gasteiger partial charge in [0.2, 0.25) is 5.82 Å². The van der Waals surface area contributed by atoms with Gasteiger partial charge in [-0.25, -0.2) is 4.39 Å². The Bertz CT molecular complexity index is 939. The average Bonchev–Trinajstić information content (AvgIpc) is 2.90. The van der Waals surface area contributed by atoms with Gasteiger partial charge in [0.25, 0.3) is 0 Å². The van der Waals surface area contributed by atoms with Gasteiger partial charge in [0.1, 0.15) is 0 Å². The first-order chi connectivity index (χ1) is 17.1. The van der Waals surface area contributed by atoms with Crippen LogP contribution < -0.4 is 4.74 Å². The zero-order valence-corrected chi connectivity index (χ0v) is 21.1. The predicted octanol–water partition coefficient (Wildman–Crippen LogP) is 8.85. The molecule has 2 saturated carbocycles. The normalized spacial score (nSPS) is 24.8. The number of hydrogen-bond acceptors (Lipinski definition) is 2. The molecule has 0 atom stereocenters. The van der Waals surface area contributed by atoms with Gasteiger partial charge in [0, 0.05) is 12.2 Å². The second kappa shape index (κ2) is 12.7. The van der Waals surface area contributed by atoms with E-state index in [4.69, 9.17) is 9.47 Å². The van der Waals surface area contributed by atoms with Gasteiger partial charge in [-0.05, 0) is 99.3 Å². The molecule has 2 aliphatic carbocycles. The average molecular weight is 483 g/mol. The van der Waals surface area contributed by atoms with Crippen molar-refractivity contribution >= 4 is 0 Å². The van der Waals surface area contributed by atoms with Crippen molar-refractivity contribution in [3.63, 3.8) is 0 Å².